The molecule has 12 nitrogen and oxygen atoms in total. The zero-order valence-electron chi connectivity index (χ0n) is 31.7. The molecule has 0 spiro atoms. The summed E-state index contributed by atoms with van der Waals surface area (Å²) in [5.74, 6) is -0.759. The molecule has 53 heavy (non-hydrogen) atoms. The SMILES string of the molecule is CC(=O)O.COC(=O)c1c(C)n(C(C)C2CCNC(C)C2)c2ccccc12.COC(=O)c1c(C)n(C(C)c2ccnc(C)c2)c2ccccc12.[O]=[Pt]=[O]. The van der Waals surface area contributed by atoms with Gasteiger partial charge in [-0.25, -0.2) is 9.59 Å². The van der Waals surface area contributed by atoms with Crippen LogP contribution in [0, 0.1) is 26.7 Å². The molecule has 2 aromatic carbocycles. The van der Waals surface area contributed by atoms with Crippen molar-refractivity contribution in [3.63, 3.8) is 0 Å². The molecular weight excluding hydrogens is 860 g/mol. The molecule has 0 bridgehead atoms. The first kappa shape index (κ1) is 42.7. The van der Waals surface area contributed by atoms with Crippen LogP contribution >= 0.6 is 0 Å². The fourth-order valence-corrected chi connectivity index (χ4v) is 7.32. The van der Waals surface area contributed by atoms with Gasteiger partial charge in [-0.2, -0.15) is 0 Å². The fraction of sp³-hybridized carbons (Fsp3) is 0.400. The molecule has 0 radical (unpaired) electrons. The van der Waals surface area contributed by atoms with Crippen molar-refractivity contribution in [3.05, 3.63) is 101 Å². The summed E-state index contributed by atoms with van der Waals surface area (Å²) in [6.45, 7) is 14.8. The number of carbonyl (C=O) groups is 3. The molecule has 3 aromatic heterocycles. The van der Waals surface area contributed by atoms with E-state index in [1.54, 1.807) is 0 Å². The Morgan fingerprint density at radius 2 is 1.34 bits per heavy atom. The van der Waals surface area contributed by atoms with Gasteiger partial charge in [0.1, 0.15) is 0 Å². The number of rotatable bonds is 6. The van der Waals surface area contributed by atoms with E-state index in [-0.39, 0.29) is 18.0 Å². The minimum atomic E-state index is -1.92. The van der Waals surface area contributed by atoms with Gasteiger partial charge in [-0.3, -0.25) is 9.78 Å². The van der Waals surface area contributed by atoms with Crippen molar-refractivity contribution in [3.8, 4) is 0 Å². The predicted molar refractivity (Wildman–Crippen MR) is 198 cm³/mol. The number of ether oxygens (including phenoxy) is 2. The number of carboxylic acids is 1. The van der Waals surface area contributed by atoms with E-state index >= 15 is 0 Å². The molecular formula is C40H50N4O8Pt. The Morgan fingerprint density at radius 3 is 1.81 bits per heavy atom. The van der Waals surface area contributed by atoms with Crippen molar-refractivity contribution in [2.75, 3.05) is 20.8 Å². The number of nitrogens with zero attached hydrogens (tertiary/aromatic N) is 3. The van der Waals surface area contributed by atoms with E-state index in [1.807, 2.05) is 75.5 Å². The second-order valence-corrected chi connectivity index (χ2v) is 13.4. The van der Waals surface area contributed by atoms with Crippen LogP contribution in [0.4, 0.5) is 0 Å². The molecule has 13 heteroatoms. The third-order valence-electron chi connectivity index (χ3n) is 9.64. The minimum absolute atomic E-state index is 0.0972. The summed E-state index contributed by atoms with van der Waals surface area (Å²) in [6.07, 6.45) is 4.16. The number of hydrogen-bond acceptors (Lipinski definition) is 9. The average Bonchev–Trinajstić information content (AvgIpc) is 3.60. The van der Waals surface area contributed by atoms with Crippen molar-refractivity contribution in [1.82, 2.24) is 19.4 Å². The van der Waals surface area contributed by atoms with Crippen LogP contribution in [-0.4, -0.2) is 63.9 Å². The maximum atomic E-state index is 12.3. The normalized spacial score (nSPS) is 16.2. The third-order valence-corrected chi connectivity index (χ3v) is 9.64. The van der Waals surface area contributed by atoms with Crippen LogP contribution < -0.4 is 5.32 Å². The van der Waals surface area contributed by atoms with Crippen molar-refractivity contribution in [2.24, 2.45) is 5.92 Å². The summed E-state index contributed by atoms with van der Waals surface area (Å²) in [5, 5.41) is 12.9. The van der Waals surface area contributed by atoms with Crippen LogP contribution in [0.3, 0.4) is 0 Å². The van der Waals surface area contributed by atoms with Gasteiger partial charge in [0.15, 0.2) is 0 Å². The fourth-order valence-electron chi connectivity index (χ4n) is 7.32. The first-order chi connectivity index (χ1) is 25.2. The molecule has 1 aliphatic heterocycles. The monoisotopic (exact) mass is 909 g/mol. The van der Waals surface area contributed by atoms with Gasteiger partial charge < -0.3 is 29.0 Å². The summed E-state index contributed by atoms with van der Waals surface area (Å²) in [4.78, 5) is 37.8. The molecule has 2 N–H and O–H groups in total. The van der Waals surface area contributed by atoms with Gasteiger partial charge in [0.25, 0.3) is 5.97 Å². The van der Waals surface area contributed by atoms with Gasteiger partial charge in [0, 0.05) is 64.1 Å². The molecule has 0 saturated carbocycles. The summed E-state index contributed by atoms with van der Waals surface area (Å²) in [6, 6.07) is 21.2. The summed E-state index contributed by atoms with van der Waals surface area (Å²) < 4.78 is 31.5. The number of carboxylic acid groups (broad SMARTS) is 1. The van der Waals surface area contributed by atoms with Crippen molar-refractivity contribution in [2.45, 2.75) is 79.4 Å². The Hall–Kier alpha value is -4.67. The molecule has 6 rings (SSSR count). The number of benzene rings is 2. The zero-order chi connectivity index (χ0) is 39.4. The molecule has 1 fully saturated rings. The van der Waals surface area contributed by atoms with Crippen LogP contribution in [-0.2, 0) is 39.6 Å². The van der Waals surface area contributed by atoms with Gasteiger partial charge in [0.05, 0.1) is 31.4 Å². The second-order valence-electron chi connectivity index (χ2n) is 13.0. The van der Waals surface area contributed by atoms with E-state index < -0.39 is 24.5 Å². The molecule has 1 aliphatic rings. The van der Waals surface area contributed by atoms with Crippen LogP contribution in [0.25, 0.3) is 21.8 Å². The van der Waals surface area contributed by atoms with Gasteiger partial charge in [0.2, 0.25) is 0 Å². The first-order valence-electron chi connectivity index (χ1n) is 17.3. The number of methoxy groups -OCH3 is 2. The van der Waals surface area contributed by atoms with E-state index in [9.17, 15) is 9.59 Å². The standard InChI is InChI=1S/C19H26N2O2.C19H20N2O2.C2H4O2.2O.Pt/c2*1-12-11-15(9-10-20-12)13(2)21-14(3)18(19(22)23-4)16-7-5-6-8-17(16)21;1-2(3)4;;;/h5-8,12-13,15,20H,9-11H2,1-4H3;5-11,13H,1-4H3;1H3,(H,3,4);;;. The summed E-state index contributed by atoms with van der Waals surface area (Å²) >= 11 is -1.92. The summed E-state index contributed by atoms with van der Waals surface area (Å²) in [5.41, 5.74) is 7.58. The van der Waals surface area contributed by atoms with Gasteiger partial charge in [-0.05, 0) is 96.7 Å². The Balaban J connectivity index is 0.000000243. The number of nitrogens with one attached hydrogen (secondary N) is 1. The van der Waals surface area contributed by atoms with Gasteiger partial charge in [-0.15, -0.1) is 0 Å². The molecule has 4 atom stereocenters. The van der Waals surface area contributed by atoms with Crippen LogP contribution in [0.5, 0.6) is 0 Å². The number of fused-ring (bicyclic) bond motifs is 2. The Morgan fingerprint density at radius 1 is 0.868 bits per heavy atom. The number of aryl methyl sites for hydroxylation is 1. The van der Waals surface area contributed by atoms with Gasteiger partial charge >= 0.3 is 37.2 Å². The Kier molecular flexibility index (Phi) is 16.1. The third kappa shape index (κ3) is 10.3. The average molecular weight is 910 g/mol. The van der Waals surface area contributed by atoms with E-state index in [2.05, 4.69) is 52.3 Å². The van der Waals surface area contributed by atoms with Crippen LogP contribution in [0.1, 0.15) is 96.0 Å². The van der Waals surface area contributed by atoms with Crippen molar-refractivity contribution >= 4 is 39.7 Å². The number of carbonyl (C=O) groups excluding carboxylic acids is 2. The predicted octanol–water partition coefficient (Wildman–Crippen LogP) is 7.59. The maximum absolute atomic E-state index is 12.3. The number of para-hydroxylation sites is 2. The molecule has 0 aliphatic carbocycles. The number of esters is 2. The molecule has 0 amide bonds. The van der Waals surface area contributed by atoms with Crippen LogP contribution in [0.2, 0.25) is 0 Å². The van der Waals surface area contributed by atoms with Crippen molar-refractivity contribution < 1.29 is 54.2 Å². The number of pyridine rings is 1. The van der Waals surface area contributed by atoms with E-state index in [4.69, 9.17) is 26.2 Å². The number of aromatic nitrogens is 3. The molecule has 288 valence electrons. The topological polar surface area (TPSA) is 159 Å². The van der Waals surface area contributed by atoms with E-state index in [1.165, 1.54) is 27.1 Å². The Bertz CT molecular complexity index is 2080. The molecule has 1 saturated heterocycles. The quantitative estimate of drug-likeness (QED) is 0.163. The van der Waals surface area contributed by atoms with Crippen LogP contribution in [0.15, 0.2) is 66.9 Å². The number of piperidine rings is 1. The number of hydrogen-bond donors (Lipinski definition) is 2. The first-order valence-corrected chi connectivity index (χ1v) is 19.1. The molecule has 5 aromatic rings. The number of aliphatic carboxylic acids is 1. The molecule has 4 heterocycles. The van der Waals surface area contributed by atoms with E-state index in [0.29, 0.717) is 29.1 Å². The zero-order valence-corrected chi connectivity index (χ0v) is 34.0. The van der Waals surface area contributed by atoms with E-state index in [0.717, 1.165) is 57.9 Å². The van der Waals surface area contributed by atoms with Gasteiger partial charge in [-0.1, -0.05) is 36.4 Å². The molecule has 4 unspecified atom stereocenters. The Labute approximate surface area is 319 Å². The second kappa shape index (κ2) is 20.0. The summed E-state index contributed by atoms with van der Waals surface area (Å²) in [7, 11) is 2.87. The van der Waals surface area contributed by atoms with Crippen molar-refractivity contribution in [1.29, 1.82) is 0 Å².